The van der Waals surface area contributed by atoms with Crippen molar-refractivity contribution >= 4 is 5.82 Å². The monoisotopic (exact) mass is 254 g/mol. The van der Waals surface area contributed by atoms with Crippen LogP contribution in [0.2, 0.25) is 0 Å². The van der Waals surface area contributed by atoms with E-state index >= 15 is 0 Å². The maximum Gasteiger partial charge on any atom is 0.182 e. The van der Waals surface area contributed by atoms with Crippen molar-refractivity contribution in [2.75, 3.05) is 5.32 Å². The highest BCUT2D eigenvalue weighted by Gasteiger charge is 2.20. The van der Waals surface area contributed by atoms with E-state index < -0.39 is 0 Å². The lowest BCUT2D eigenvalue weighted by Gasteiger charge is -2.25. The van der Waals surface area contributed by atoms with Crippen LogP contribution in [0.3, 0.4) is 0 Å². The first-order valence-corrected chi connectivity index (χ1v) is 6.26. The summed E-state index contributed by atoms with van der Waals surface area (Å²) in [6.07, 6.45) is 7.11. The number of nitrogens with one attached hydrogen (secondary N) is 1. The Labute approximate surface area is 111 Å². The van der Waals surface area contributed by atoms with E-state index in [1.165, 1.54) is 6.20 Å². The largest absolute Gasteiger partial charge is 0.363 e. The van der Waals surface area contributed by atoms with Crippen molar-refractivity contribution in [3.8, 4) is 6.07 Å². The molecule has 6 nitrogen and oxygen atoms in total. The van der Waals surface area contributed by atoms with E-state index in [0.29, 0.717) is 11.5 Å². The summed E-state index contributed by atoms with van der Waals surface area (Å²) in [5, 5.41) is 12.3. The van der Waals surface area contributed by atoms with Gasteiger partial charge in [-0.05, 0) is 13.3 Å². The van der Waals surface area contributed by atoms with Gasteiger partial charge in [-0.2, -0.15) is 5.26 Å². The third kappa shape index (κ3) is 2.27. The minimum atomic E-state index is 0.255. The molecule has 1 aliphatic heterocycles. The van der Waals surface area contributed by atoms with E-state index in [1.807, 2.05) is 6.92 Å². The molecule has 0 amide bonds. The number of nitriles is 1. The average molecular weight is 254 g/mol. The number of rotatable bonds is 2. The van der Waals surface area contributed by atoms with Crippen molar-refractivity contribution in [3.63, 3.8) is 0 Å². The zero-order valence-electron chi connectivity index (χ0n) is 10.7. The Balaban J connectivity index is 1.77. The topological polar surface area (TPSA) is 79.4 Å². The van der Waals surface area contributed by atoms with Crippen molar-refractivity contribution in [3.05, 3.63) is 35.8 Å². The summed E-state index contributed by atoms with van der Waals surface area (Å²) in [6.45, 7) is 2.85. The zero-order chi connectivity index (χ0) is 13.2. The molecule has 19 heavy (non-hydrogen) atoms. The highest BCUT2D eigenvalue weighted by atomic mass is 15.1. The van der Waals surface area contributed by atoms with Crippen LogP contribution in [-0.2, 0) is 13.0 Å². The number of fused-ring (bicyclic) bond motifs is 1. The Hall–Kier alpha value is -2.42. The molecular formula is C13H14N6. The van der Waals surface area contributed by atoms with Crippen molar-refractivity contribution < 1.29 is 0 Å². The maximum absolute atomic E-state index is 9.00. The highest BCUT2D eigenvalue weighted by Crippen LogP contribution is 2.18. The van der Waals surface area contributed by atoms with Gasteiger partial charge in [0.1, 0.15) is 11.9 Å². The molecule has 1 atom stereocenters. The molecule has 3 heterocycles. The van der Waals surface area contributed by atoms with Crippen LogP contribution >= 0.6 is 0 Å². The number of hydrogen-bond acceptors (Lipinski definition) is 5. The van der Waals surface area contributed by atoms with Crippen molar-refractivity contribution in [1.82, 2.24) is 19.5 Å². The van der Waals surface area contributed by atoms with E-state index in [4.69, 9.17) is 5.26 Å². The SMILES string of the molecule is Cc1cn2c(n1)CCC(Nc1nccnc1C#N)C2. The normalized spacial score (nSPS) is 17.6. The Bertz CT molecular complexity index is 639. The number of aromatic nitrogens is 4. The summed E-state index contributed by atoms with van der Waals surface area (Å²) in [5.74, 6) is 1.70. The van der Waals surface area contributed by atoms with Gasteiger partial charge >= 0.3 is 0 Å². The third-order valence-corrected chi connectivity index (χ3v) is 3.26. The molecule has 2 aromatic heterocycles. The fourth-order valence-corrected chi connectivity index (χ4v) is 2.42. The second kappa shape index (κ2) is 4.69. The number of imidazole rings is 1. The Morgan fingerprint density at radius 3 is 3.11 bits per heavy atom. The van der Waals surface area contributed by atoms with Crippen molar-refractivity contribution in [2.24, 2.45) is 0 Å². The molecule has 0 aromatic carbocycles. The molecule has 3 rings (SSSR count). The van der Waals surface area contributed by atoms with Gasteiger partial charge < -0.3 is 9.88 Å². The lowest BCUT2D eigenvalue weighted by Crippen LogP contribution is -2.31. The van der Waals surface area contributed by atoms with Gasteiger partial charge in [-0.1, -0.05) is 0 Å². The summed E-state index contributed by atoms with van der Waals surface area (Å²) in [5.41, 5.74) is 1.39. The standard InChI is InChI=1S/C13H14N6/c1-9-7-19-8-10(2-3-12(19)17-9)18-13-11(6-14)15-4-5-16-13/h4-5,7,10H,2-3,8H2,1H3,(H,16,18). The number of anilines is 1. The first-order chi connectivity index (χ1) is 9.26. The Morgan fingerprint density at radius 1 is 1.42 bits per heavy atom. The maximum atomic E-state index is 9.00. The Morgan fingerprint density at radius 2 is 2.26 bits per heavy atom. The van der Waals surface area contributed by atoms with Crippen LogP contribution in [0, 0.1) is 18.3 Å². The number of nitrogens with zero attached hydrogens (tertiary/aromatic N) is 5. The second-order valence-electron chi connectivity index (χ2n) is 4.70. The predicted octanol–water partition coefficient (Wildman–Crippen LogP) is 1.28. The highest BCUT2D eigenvalue weighted by molar-refractivity contribution is 5.47. The average Bonchev–Trinajstić information content (AvgIpc) is 2.79. The van der Waals surface area contributed by atoms with Crippen LogP contribution in [0.25, 0.3) is 0 Å². The lowest BCUT2D eigenvalue weighted by atomic mass is 10.1. The van der Waals surface area contributed by atoms with Crippen molar-refractivity contribution in [1.29, 1.82) is 5.26 Å². The molecule has 0 bridgehead atoms. The van der Waals surface area contributed by atoms with E-state index in [1.54, 1.807) is 6.20 Å². The van der Waals surface area contributed by atoms with Crippen LogP contribution in [0.1, 0.15) is 23.6 Å². The second-order valence-corrected chi connectivity index (χ2v) is 4.70. The van der Waals surface area contributed by atoms with Gasteiger partial charge in [0.05, 0.1) is 5.69 Å². The molecule has 0 saturated heterocycles. The third-order valence-electron chi connectivity index (χ3n) is 3.26. The fourth-order valence-electron chi connectivity index (χ4n) is 2.42. The van der Waals surface area contributed by atoms with E-state index in [9.17, 15) is 0 Å². The van der Waals surface area contributed by atoms with Gasteiger partial charge in [-0.25, -0.2) is 15.0 Å². The molecule has 1 unspecified atom stereocenters. The van der Waals surface area contributed by atoms with E-state index in [2.05, 4.69) is 37.1 Å². The summed E-state index contributed by atoms with van der Waals surface area (Å²) >= 11 is 0. The molecule has 1 N–H and O–H groups in total. The summed E-state index contributed by atoms with van der Waals surface area (Å²) in [6, 6.07) is 2.31. The zero-order valence-corrected chi connectivity index (χ0v) is 10.7. The van der Waals surface area contributed by atoms with Crippen molar-refractivity contribution in [2.45, 2.75) is 32.4 Å². The van der Waals surface area contributed by atoms with Crippen LogP contribution in [0.4, 0.5) is 5.82 Å². The molecule has 0 saturated carbocycles. The molecule has 6 heteroatoms. The van der Waals surface area contributed by atoms with Gasteiger partial charge in [0, 0.05) is 37.6 Å². The van der Waals surface area contributed by atoms with Crippen LogP contribution in [0.15, 0.2) is 18.6 Å². The lowest BCUT2D eigenvalue weighted by molar-refractivity contribution is 0.475. The quantitative estimate of drug-likeness (QED) is 0.873. The molecule has 0 aliphatic carbocycles. The Kier molecular flexibility index (Phi) is 2.88. The smallest absolute Gasteiger partial charge is 0.182 e. The molecule has 0 spiro atoms. The van der Waals surface area contributed by atoms with Gasteiger partial charge in [0.2, 0.25) is 0 Å². The first-order valence-electron chi connectivity index (χ1n) is 6.26. The van der Waals surface area contributed by atoms with E-state index in [0.717, 1.165) is 30.9 Å². The summed E-state index contributed by atoms with van der Waals surface area (Å²) < 4.78 is 2.17. The minimum Gasteiger partial charge on any atom is -0.363 e. The molecular weight excluding hydrogens is 240 g/mol. The first kappa shape index (κ1) is 11.7. The number of hydrogen-bond donors (Lipinski definition) is 1. The van der Waals surface area contributed by atoms with Crippen LogP contribution < -0.4 is 5.32 Å². The van der Waals surface area contributed by atoms with E-state index in [-0.39, 0.29) is 6.04 Å². The fraction of sp³-hybridized carbons (Fsp3) is 0.385. The van der Waals surface area contributed by atoms with Gasteiger partial charge in [-0.3, -0.25) is 0 Å². The van der Waals surface area contributed by atoms with Gasteiger partial charge in [0.15, 0.2) is 11.5 Å². The predicted molar refractivity (Wildman–Crippen MR) is 69.4 cm³/mol. The summed E-state index contributed by atoms with van der Waals surface area (Å²) in [4.78, 5) is 12.7. The van der Waals surface area contributed by atoms with Gasteiger partial charge in [-0.15, -0.1) is 0 Å². The minimum absolute atomic E-state index is 0.255. The van der Waals surface area contributed by atoms with Crippen LogP contribution in [-0.4, -0.2) is 25.6 Å². The van der Waals surface area contributed by atoms with Gasteiger partial charge in [0.25, 0.3) is 0 Å². The van der Waals surface area contributed by atoms with Crippen LogP contribution in [0.5, 0.6) is 0 Å². The molecule has 96 valence electrons. The number of aryl methyl sites for hydroxylation is 2. The molecule has 2 aromatic rings. The molecule has 1 aliphatic rings. The summed E-state index contributed by atoms with van der Waals surface area (Å²) in [7, 11) is 0. The molecule has 0 radical (unpaired) electrons. The molecule has 0 fully saturated rings.